The molecule has 1 unspecified atom stereocenters. The number of pyridine rings is 1. The number of nitrogens with one attached hydrogen (secondary N) is 2. The minimum absolute atomic E-state index is 0.0137. The first-order valence-electron chi connectivity index (χ1n) is 9.44. The van der Waals surface area contributed by atoms with Crippen LogP contribution in [-0.4, -0.2) is 49.8 Å². The summed E-state index contributed by atoms with van der Waals surface area (Å²) < 4.78 is 0. The van der Waals surface area contributed by atoms with Gasteiger partial charge >= 0.3 is 5.97 Å². The predicted molar refractivity (Wildman–Crippen MR) is 108 cm³/mol. The molecule has 2 aromatic heterocycles. The summed E-state index contributed by atoms with van der Waals surface area (Å²) in [6.07, 6.45) is 3.88. The molecule has 1 atom stereocenters. The van der Waals surface area contributed by atoms with Crippen LogP contribution in [0.4, 0.5) is 11.8 Å². The number of carbonyl (C=O) groups is 1. The summed E-state index contributed by atoms with van der Waals surface area (Å²) in [6.45, 7) is 4.02. The van der Waals surface area contributed by atoms with Crippen LogP contribution < -0.4 is 10.6 Å². The Morgan fingerprint density at radius 2 is 2.04 bits per heavy atom. The molecule has 1 aliphatic carbocycles. The number of carboxylic acid groups (broad SMARTS) is 1. The van der Waals surface area contributed by atoms with E-state index in [2.05, 4.69) is 25.6 Å². The first-order chi connectivity index (χ1) is 13.5. The van der Waals surface area contributed by atoms with Gasteiger partial charge in [0, 0.05) is 23.0 Å². The summed E-state index contributed by atoms with van der Waals surface area (Å²) in [5.74, 6) is 0.294. The quantitative estimate of drug-likeness (QED) is 0.461. The Morgan fingerprint density at radius 3 is 2.68 bits per heavy atom. The summed E-state index contributed by atoms with van der Waals surface area (Å²) >= 11 is 0. The Bertz CT molecular complexity index is 1050. The number of aliphatic hydroxyl groups is 1. The summed E-state index contributed by atoms with van der Waals surface area (Å²) in [5.41, 5.74) is 1.47. The molecule has 0 spiro atoms. The molecule has 1 aliphatic rings. The zero-order valence-corrected chi connectivity index (χ0v) is 15.8. The highest BCUT2D eigenvalue weighted by molar-refractivity contribution is 6.09. The number of hydrogen-bond acceptors (Lipinski definition) is 7. The van der Waals surface area contributed by atoms with Gasteiger partial charge in [-0.3, -0.25) is 0 Å². The summed E-state index contributed by atoms with van der Waals surface area (Å²) in [4.78, 5) is 25.0. The van der Waals surface area contributed by atoms with Gasteiger partial charge in [-0.1, -0.05) is 19.9 Å². The van der Waals surface area contributed by atoms with Crippen molar-refractivity contribution in [1.82, 2.24) is 15.0 Å². The van der Waals surface area contributed by atoms with Gasteiger partial charge in [0.1, 0.15) is 5.52 Å². The largest absolute Gasteiger partial charge is 0.478 e. The Kier molecular flexibility index (Phi) is 4.72. The second kappa shape index (κ2) is 7.20. The molecule has 0 radical (unpaired) electrons. The van der Waals surface area contributed by atoms with E-state index in [0.29, 0.717) is 28.8 Å². The monoisotopic (exact) mass is 381 g/mol. The van der Waals surface area contributed by atoms with Gasteiger partial charge in [0.15, 0.2) is 5.82 Å². The molecule has 146 valence electrons. The summed E-state index contributed by atoms with van der Waals surface area (Å²) in [7, 11) is 0. The maximum Gasteiger partial charge on any atom is 0.335 e. The lowest BCUT2D eigenvalue weighted by Crippen LogP contribution is -2.30. The molecule has 28 heavy (non-hydrogen) atoms. The van der Waals surface area contributed by atoms with Crippen LogP contribution >= 0.6 is 0 Å². The maximum atomic E-state index is 11.3. The molecule has 8 nitrogen and oxygen atoms in total. The molecule has 1 fully saturated rings. The zero-order chi connectivity index (χ0) is 19.8. The Balaban J connectivity index is 1.85. The van der Waals surface area contributed by atoms with Crippen LogP contribution in [0.25, 0.3) is 21.8 Å². The molecule has 3 aromatic rings. The van der Waals surface area contributed by atoms with E-state index in [0.717, 1.165) is 23.6 Å². The Morgan fingerprint density at radius 1 is 1.25 bits per heavy atom. The third kappa shape index (κ3) is 3.55. The molecular weight excluding hydrogens is 358 g/mol. The van der Waals surface area contributed by atoms with Crippen LogP contribution in [0.2, 0.25) is 0 Å². The first-order valence-corrected chi connectivity index (χ1v) is 9.44. The highest BCUT2D eigenvalue weighted by Gasteiger charge is 2.24. The first kappa shape index (κ1) is 18.4. The number of carboxylic acids is 1. The van der Waals surface area contributed by atoms with E-state index in [9.17, 15) is 15.0 Å². The van der Waals surface area contributed by atoms with E-state index in [4.69, 9.17) is 0 Å². The van der Waals surface area contributed by atoms with Crippen molar-refractivity contribution in [3.8, 4) is 0 Å². The third-order valence-electron chi connectivity index (χ3n) is 5.01. The number of aliphatic hydroxyl groups excluding tert-OH is 1. The summed E-state index contributed by atoms with van der Waals surface area (Å²) in [6, 6.07) is 5.09. The van der Waals surface area contributed by atoms with Crippen molar-refractivity contribution in [2.45, 2.75) is 38.8 Å². The van der Waals surface area contributed by atoms with Crippen molar-refractivity contribution in [1.29, 1.82) is 0 Å². The number of hydrogen-bond donors (Lipinski definition) is 4. The number of benzene rings is 1. The molecule has 0 bridgehead atoms. The Labute approximate surface area is 162 Å². The fourth-order valence-corrected chi connectivity index (χ4v) is 3.10. The summed E-state index contributed by atoms with van der Waals surface area (Å²) in [5, 5.41) is 27.0. The molecule has 0 aliphatic heterocycles. The van der Waals surface area contributed by atoms with Crippen LogP contribution in [0.5, 0.6) is 0 Å². The molecular formula is C20H23N5O3. The minimum atomic E-state index is -0.986. The molecule has 1 aromatic carbocycles. The van der Waals surface area contributed by atoms with Gasteiger partial charge in [0.2, 0.25) is 5.95 Å². The number of anilines is 2. The van der Waals surface area contributed by atoms with Gasteiger partial charge in [-0.25, -0.2) is 19.7 Å². The molecule has 4 N–H and O–H groups in total. The molecule has 4 rings (SSSR count). The SMILES string of the molecule is CC(C)C(CO)Nc1ncc2c(n1)c(NC1CC1)nc1cc(C(=O)O)ccc12. The van der Waals surface area contributed by atoms with E-state index in [-0.39, 0.29) is 24.1 Å². The van der Waals surface area contributed by atoms with Gasteiger partial charge in [0.25, 0.3) is 0 Å². The van der Waals surface area contributed by atoms with Gasteiger partial charge in [-0.15, -0.1) is 0 Å². The van der Waals surface area contributed by atoms with Crippen LogP contribution in [-0.2, 0) is 0 Å². The van der Waals surface area contributed by atoms with Crippen molar-refractivity contribution in [2.75, 3.05) is 17.2 Å². The van der Waals surface area contributed by atoms with Gasteiger partial charge < -0.3 is 20.8 Å². The normalized spacial score (nSPS) is 15.1. The van der Waals surface area contributed by atoms with E-state index < -0.39 is 5.97 Å². The van der Waals surface area contributed by atoms with Crippen LogP contribution in [0.1, 0.15) is 37.0 Å². The second-order valence-corrected chi connectivity index (χ2v) is 7.55. The fraction of sp³-hybridized carbons (Fsp3) is 0.400. The molecule has 1 saturated carbocycles. The van der Waals surface area contributed by atoms with E-state index in [1.54, 1.807) is 24.4 Å². The highest BCUT2D eigenvalue weighted by atomic mass is 16.4. The van der Waals surface area contributed by atoms with Crippen molar-refractivity contribution in [2.24, 2.45) is 5.92 Å². The number of aromatic carboxylic acids is 1. The zero-order valence-electron chi connectivity index (χ0n) is 15.8. The van der Waals surface area contributed by atoms with Crippen LogP contribution in [0.15, 0.2) is 24.4 Å². The van der Waals surface area contributed by atoms with Crippen molar-refractivity contribution >= 4 is 39.5 Å². The standard InChI is InChI=1S/C20H23N5O3/c1-10(2)16(9-26)24-20-21-8-14-13-6-3-11(19(27)28)7-15(13)23-18(17(14)25-20)22-12-4-5-12/h3,6-8,10,12,16,26H,4-5,9H2,1-2H3,(H,22,23)(H,27,28)(H,21,24,25). The topological polar surface area (TPSA) is 120 Å². The average Bonchev–Trinajstić information content (AvgIpc) is 3.49. The van der Waals surface area contributed by atoms with Gasteiger partial charge in [0.05, 0.1) is 23.7 Å². The fourth-order valence-electron chi connectivity index (χ4n) is 3.10. The number of rotatable bonds is 7. The number of aromatic nitrogens is 3. The van der Waals surface area contributed by atoms with Crippen molar-refractivity contribution in [3.05, 3.63) is 30.0 Å². The van der Waals surface area contributed by atoms with Crippen LogP contribution in [0.3, 0.4) is 0 Å². The maximum absolute atomic E-state index is 11.3. The lowest BCUT2D eigenvalue weighted by atomic mass is 10.1. The number of nitrogens with zero attached hydrogens (tertiary/aromatic N) is 3. The van der Waals surface area contributed by atoms with Gasteiger partial charge in [-0.05, 0) is 30.9 Å². The lowest BCUT2D eigenvalue weighted by Gasteiger charge is -2.20. The average molecular weight is 381 g/mol. The van der Waals surface area contributed by atoms with E-state index in [1.807, 2.05) is 13.8 Å². The van der Waals surface area contributed by atoms with Crippen molar-refractivity contribution in [3.63, 3.8) is 0 Å². The van der Waals surface area contributed by atoms with E-state index >= 15 is 0 Å². The van der Waals surface area contributed by atoms with Crippen LogP contribution in [0, 0.1) is 5.92 Å². The molecule has 2 heterocycles. The molecule has 0 saturated heterocycles. The van der Waals surface area contributed by atoms with Gasteiger partial charge in [-0.2, -0.15) is 0 Å². The third-order valence-corrected chi connectivity index (χ3v) is 5.01. The number of fused-ring (bicyclic) bond motifs is 3. The lowest BCUT2D eigenvalue weighted by molar-refractivity contribution is 0.0697. The van der Waals surface area contributed by atoms with E-state index in [1.165, 1.54) is 0 Å². The highest BCUT2D eigenvalue weighted by Crippen LogP contribution is 2.32. The minimum Gasteiger partial charge on any atom is -0.478 e. The molecule has 8 heteroatoms. The molecule has 0 amide bonds. The Hall–Kier alpha value is -3.00. The smallest absolute Gasteiger partial charge is 0.335 e. The second-order valence-electron chi connectivity index (χ2n) is 7.55. The van der Waals surface area contributed by atoms with Crippen molar-refractivity contribution < 1.29 is 15.0 Å². The predicted octanol–water partition coefficient (Wildman–Crippen LogP) is 2.88.